The molecule has 70 valence electrons. The van der Waals surface area contributed by atoms with Crippen molar-refractivity contribution in [3.63, 3.8) is 0 Å². The molecule has 0 amide bonds. The molecule has 0 aliphatic heterocycles. The van der Waals surface area contributed by atoms with Gasteiger partial charge in [0.2, 0.25) is 0 Å². The number of methoxy groups -OCH3 is 1. The number of aryl methyl sites for hydroxylation is 1. The fraction of sp³-hybridized carbons (Fsp3) is 0.250. The molecule has 2 N–H and O–H groups in total. The minimum atomic E-state index is 0.196. The van der Waals surface area contributed by atoms with Crippen molar-refractivity contribution in [3.05, 3.63) is 23.9 Å². The Morgan fingerprint density at radius 3 is 2.92 bits per heavy atom. The number of hydrogen-bond donors (Lipinski definition) is 1. The highest BCUT2D eigenvalue weighted by Gasteiger charge is 2.10. The minimum Gasteiger partial charge on any atom is -0.473 e. The molecular formula is C8H11N3OS. The second-order valence-corrected chi connectivity index (χ2v) is 2.83. The molecule has 0 atom stereocenters. The normalized spacial score (nSPS) is 9.46. The Bertz CT molecular complexity index is 316. The molecule has 0 aliphatic rings. The number of ether oxygens (including phenoxy) is 1. The van der Waals surface area contributed by atoms with Crippen LogP contribution in [0.4, 0.5) is 5.82 Å². The zero-order valence-electron chi connectivity index (χ0n) is 7.52. The lowest BCUT2D eigenvalue weighted by Crippen LogP contribution is -2.38. The molecule has 0 unspecified atom stereocenters. The summed E-state index contributed by atoms with van der Waals surface area (Å²) in [5.74, 6) is 6.26. The molecule has 0 saturated heterocycles. The number of nitrogens with zero attached hydrogens (tertiary/aromatic N) is 2. The molecule has 1 heterocycles. The maximum atomic E-state index is 5.65. The summed E-state index contributed by atoms with van der Waals surface area (Å²) in [7, 11) is 1.47. The van der Waals surface area contributed by atoms with E-state index in [1.165, 1.54) is 12.1 Å². The summed E-state index contributed by atoms with van der Waals surface area (Å²) < 4.78 is 4.81. The highest BCUT2D eigenvalue weighted by Crippen LogP contribution is 2.12. The second-order valence-electron chi connectivity index (χ2n) is 2.48. The maximum absolute atomic E-state index is 5.65. The lowest BCUT2D eigenvalue weighted by atomic mass is 10.3. The molecule has 5 heteroatoms. The number of hydrogen-bond acceptors (Lipinski definition) is 4. The molecule has 0 aliphatic carbocycles. The largest absolute Gasteiger partial charge is 0.473 e. The summed E-state index contributed by atoms with van der Waals surface area (Å²) in [6.45, 7) is 1.90. The number of hydrazine groups is 1. The molecule has 1 rings (SSSR count). The van der Waals surface area contributed by atoms with Crippen molar-refractivity contribution in [3.8, 4) is 0 Å². The van der Waals surface area contributed by atoms with Crippen LogP contribution < -0.4 is 10.9 Å². The summed E-state index contributed by atoms with van der Waals surface area (Å²) in [6.07, 6.45) is 1.65. The van der Waals surface area contributed by atoms with Crippen molar-refractivity contribution < 1.29 is 4.74 Å². The molecule has 1 aromatic rings. The predicted molar refractivity (Wildman–Crippen MR) is 55.2 cm³/mol. The topological polar surface area (TPSA) is 51.4 Å². The Labute approximate surface area is 82.3 Å². The van der Waals surface area contributed by atoms with E-state index in [4.69, 9.17) is 22.8 Å². The van der Waals surface area contributed by atoms with Crippen LogP contribution >= 0.6 is 12.2 Å². The number of nitrogens with two attached hydrogens (primary N) is 1. The van der Waals surface area contributed by atoms with Crippen LogP contribution in [0.5, 0.6) is 0 Å². The van der Waals surface area contributed by atoms with E-state index in [1.54, 1.807) is 6.20 Å². The van der Waals surface area contributed by atoms with Crippen LogP contribution in [-0.2, 0) is 4.74 Å². The van der Waals surface area contributed by atoms with E-state index in [2.05, 4.69) is 4.98 Å². The zero-order chi connectivity index (χ0) is 9.84. The fourth-order valence-electron chi connectivity index (χ4n) is 0.914. The van der Waals surface area contributed by atoms with Gasteiger partial charge >= 0.3 is 0 Å². The summed E-state index contributed by atoms with van der Waals surface area (Å²) in [4.78, 5) is 4.08. The maximum Gasteiger partial charge on any atom is 0.279 e. The lowest BCUT2D eigenvalue weighted by Gasteiger charge is -2.17. The Morgan fingerprint density at radius 1 is 1.69 bits per heavy atom. The smallest absolute Gasteiger partial charge is 0.279 e. The number of aromatic nitrogens is 1. The SMILES string of the molecule is COC(=S)N(N)c1ncccc1C. The van der Waals surface area contributed by atoms with Crippen LogP contribution in [-0.4, -0.2) is 17.3 Å². The van der Waals surface area contributed by atoms with Gasteiger partial charge in [0.15, 0.2) is 5.82 Å². The zero-order valence-corrected chi connectivity index (χ0v) is 8.34. The lowest BCUT2D eigenvalue weighted by molar-refractivity contribution is 0.403. The third kappa shape index (κ3) is 2.13. The van der Waals surface area contributed by atoms with E-state index < -0.39 is 0 Å². The molecule has 0 fully saturated rings. The Morgan fingerprint density at radius 2 is 2.38 bits per heavy atom. The first-order chi connectivity index (χ1) is 6.16. The van der Waals surface area contributed by atoms with Crippen LogP contribution in [0.3, 0.4) is 0 Å². The average Bonchev–Trinajstić information content (AvgIpc) is 2.16. The van der Waals surface area contributed by atoms with Crippen molar-refractivity contribution in [2.75, 3.05) is 12.1 Å². The summed E-state index contributed by atoms with van der Waals surface area (Å²) in [6, 6.07) is 3.74. The van der Waals surface area contributed by atoms with Gasteiger partial charge in [-0.2, -0.15) is 0 Å². The van der Waals surface area contributed by atoms with Gasteiger partial charge < -0.3 is 4.74 Å². The molecule has 0 aromatic carbocycles. The monoisotopic (exact) mass is 197 g/mol. The van der Waals surface area contributed by atoms with Crippen molar-refractivity contribution in [1.82, 2.24) is 4.98 Å². The summed E-state index contributed by atoms with van der Waals surface area (Å²) in [5.41, 5.74) is 0.949. The van der Waals surface area contributed by atoms with Gasteiger partial charge in [0.05, 0.1) is 7.11 Å². The molecule has 0 spiro atoms. The van der Waals surface area contributed by atoms with Crippen molar-refractivity contribution in [2.45, 2.75) is 6.92 Å². The van der Waals surface area contributed by atoms with Crippen LogP contribution in [0.2, 0.25) is 0 Å². The van der Waals surface area contributed by atoms with Crippen LogP contribution in [0, 0.1) is 6.92 Å². The van der Waals surface area contributed by atoms with E-state index >= 15 is 0 Å². The van der Waals surface area contributed by atoms with Gasteiger partial charge in [-0.3, -0.25) is 0 Å². The van der Waals surface area contributed by atoms with Crippen LogP contribution in [0.15, 0.2) is 18.3 Å². The molecule has 1 aromatic heterocycles. The van der Waals surface area contributed by atoms with E-state index in [0.717, 1.165) is 5.56 Å². The van der Waals surface area contributed by atoms with Gasteiger partial charge in [0.1, 0.15) is 0 Å². The van der Waals surface area contributed by atoms with Gasteiger partial charge in [0, 0.05) is 6.20 Å². The van der Waals surface area contributed by atoms with Gasteiger partial charge in [-0.25, -0.2) is 15.8 Å². The Kier molecular flexibility index (Phi) is 3.16. The third-order valence-electron chi connectivity index (χ3n) is 1.58. The van der Waals surface area contributed by atoms with Crippen molar-refractivity contribution in [1.29, 1.82) is 0 Å². The standard InChI is InChI=1S/C8H11N3OS/c1-6-4-3-5-10-7(6)11(9)8(13)12-2/h3-5H,9H2,1-2H3. The first kappa shape index (κ1) is 9.88. The fourth-order valence-corrected chi connectivity index (χ4v) is 1.00. The molecule has 4 nitrogen and oxygen atoms in total. The van der Waals surface area contributed by atoms with E-state index in [9.17, 15) is 0 Å². The predicted octanol–water partition coefficient (Wildman–Crippen LogP) is 1.00. The Balaban J connectivity index is 2.95. The first-order valence-electron chi connectivity index (χ1n) is 3.71. The summed E-state index contributed by atoms with van der Waals surface area (Å²) in [5, 5.41) is 1.44. The van der Waals surface area contributed by atoms with Gasteiger partial charge in [-0.1, -0.05) is 6.07 Å². The van der Waals surface area contributed by atoms with E-state index in [1.807, 2.05) is 19.1 Å². The van der Waals surface area contributed by atoms with Gasteiger partial charge in [-0.05, 0) is 30.8 Å². The molecule has 0 radical (unpaired) electrons. The highest BCUT2D eigenvalue weighted by molar-refractivity contribution is 7.80. The third-order valence-corrected chi connectivity index (χ3v) is 1.94. The van der Waals surface area contributed by atoms with Crippen LogP contribution in [0.25, 0.3) is 0 Å². The minimum absolute atomic E-state index is 0.196. The van der Waals surface area contributed by atoms with Gasteiger partial charge in [-0.15, -0.1) is 0 Å². The second kappa shape index (κ2) is 4.15. The van der Waals surface area contributed by atoms with Crippen molar-refractivity contribution in [2.24, 2.45) is 5.84 Å². The number of anilines is 1. The number of rotatable bonds is 1. The van der Waals surface area contributed by atoms with Gasteiger partial charge in [0.25, 0.3) is 5.17 Å². The Hall–Kier alpha value is -1.20. The van der Waals surface area contributed by atoms with Crippen LogP contribution in [0.1, 0.15) is 5.56 Å². The molecule has 0 bridgehead atoms. The van der Waals surface area contributed by atoms with Crippen molar-refractivity contribution >= 4 is 23.2 Å². The van der Waals surface area contributed by atoms with E-state index in [-0.39, 0.29) is 5.17 Å². The highest BCUT2D eigenvalue weighted by atomic mass is 32.1. The number of pyridine rings is 1. The van der Waals surface area contributed by atoms with E-state index in [0.29, 0.717) is 5.82 Å². The average molecular weight is 197 g/mol. The first-order valence-corrected chi connectivity index (χ1v) is 4.12. The number of thiocarbonyl (C=S) groups is 1. The summed E-state index contributed by atoms with van der Waals surface area (Å²) >= 11 is 4.86. The molecule has 0 saturated carbocycles. The molecular weight excluding hydrogens is 186 g/mol. The molecule has 13 heavy (non-hydrogen) atoms. The quantitative estimate of drug-likeness (QED) is 0.413.